The lowest BCUT2D eigenvalue weighted by Crippen LogP contribution is -2.35. The van der Waals surface area contributed by atoms with Gasteiger partial charge in [0.1, 0.15) is 17.6 Å². The largest absolute Gasteiger partial charge is 0.353 e. The summed E-state index contributed by atoms with van der Waals surface area (Å²) in [6, 6.07) is 7.04. The molecule has 2 aromatic rings. The van der Waals surface area contributed by atoms with E-state index in [0.29, 0.717) is 16.6 Å². The lowest BCUT2D eigenvalue weighted by molar-refractivity contribution is -0.145. The highest BCUT2D eigenvalue weighted by Gasteiger charge is 2.11. The van der Waals surface area contributed by atoms with Crippen molar-refractivity contribution < 1.29 is 14.4 Å². The van der Waals surface area contributed by atoms with E-state index in [4.69, 9.17) is 4.84 Å². The predicted octanol–water partition coefficient (Wildman–Crippen LogP) is 0.0788. The Balaban J connectivity index is 1.99. The highest BCUT2D eigenvalue weighted by molar-refractivity contribution is 5.94. The first-order valence-electron chi connectivity index (χ1n) is 5.53. The van der Waals surface area contributed by atoms with E-state index in [-0.39, 0.29) is 6.54 Å². The van der Waals surface area contributed by atoms with Crippen molar-refractivity contribution in [3.8, 4) is 0 Å². The minimum Gasteiger partial charge on any atom is -0.341 e. The summed E-state index contributed by atoms with van der Waals surface area (Å²) in [5.41, 5.74) is 1.50. The maximum atomic E-state index is 11.5. The summed E-state index contributed by atoms with van der Waals surface area (Å²) in [5, 5.41) is 9.89. The summed E-state index contributed by atoms with van der Waals surface area (Å²) in [5.74, 6) is -1.05. The molecule has 0 fully saturated rings. The molecule has 2 rings (SSSR count). The van der Waals surface area contributed by atoms with Crippen LogP contribution >= 0.6 is 0 Å². The number of rotatable bonds is 4. The molecule has 1 heterocycles. The minimum absolute atomic E-state index is 0.264. The van der Waals surface area contributed by atoms with E-state index in [9.17, 15) is 9.59 Å². The molecule has 1 amide bonds. The molecule has 1 N–H and O–H groups in total. The quantitative estimate of drug-likeness (QED) is 0.621. The molecular weight excluding hydrogens is 248 g/mol. The minimum atomic E-state index is -0.648. The first-order valence-corrected chi connectivity index (χ1v) is 5.53. The predicted molar refractivity (Wildman–Crippen MR) is 66.9 cm³/mol. The number of benzene rings is 1. The number of para-hydroxylation sites is 1. The van der Waals surface area contributed by atoms with Crippen LogP contribution < -0.4 is 10.2 Å². The van der Waals surface area contributed by atoms with Gasteiger partial charge in [-0.3, -0.25) is 4.79 Å². The van der Waals surface area contributed by atoms with Gasteiger partial charge in [0, 0.05) is 5.57 Å². The van der Waals surface area contributed by atoms with Crippen molar-refractivity contribution in [3.63, 3.8) is 0 Å². The van der Waals surface area contributed by atoms with Crippen molar-refractivity contribution in [2.75, 3.05) is 6.54 Å². The van der Waals surface area contributed by atoms with Gasteiger partial charge in [0.15, 0.2) is 0 Å². The smallest absolute Gasteiger partial charge is 0.341 e. The van der Waals surface area contributed by atoms with Crippen molar-refractivity contribution in [3.05, 3.63) is 36.4 Å². The van der Waals surface area contributed by atoms with Crippen molar-refractivity contribution >= 4 is 22.9 Å². The SMILES string of the molecule is C=C(C)C(=O)NCC(=O)On1nnc2ccccc21. The van der Waals surface area contributed by atoms with Gasteiger partial charge in [-0.25, -0.2) is 4.79 Å². The Labute approximate surface area is 108 Å². The second kappa shape index (κ2) is 5.30. The molecule has 0 atom stereocenters. The van der Waals surface area contributed by atoms with Crippen LogP contribution in [0.5, 0.6) is 0 Å². The molecule has 0 spiro atoms. The van der Waals surface area contributed by atoms with E-state index in [1.165, 1.54) is 0 Å². The van der Waals surface area contributed by atoms with E-state index >= 15 is 0 Å². The van der Waals surface area contributed by atoms with Crippen molar-refractivity contribution in [1.29, 1.82) is 0 Å². The molecule has 0 aliphatic rings. The topological polar surface area (TPSA) is 86.1 Å². The van der Waals surface area contributed by atoms with E-state index in [1.54, 1.807) is 31.2 Å². The molecule has 0 unspecified atom stereocenters. The van der Waals surface area contributed by atoms with Gasteiger partial charge >= 0.3 is 5.97 Å². The third-order valence-electron chi connectivity index (χ3n) is 2.29. The number of carbonyl (C=O) groups excluding carboxylic acids is 2. The fourth-order valence-corrected chi connectivity index (χ4v) is 1.35. The monoisotopic (exact) mass is 260 g/mol. The fraction of sp³-hybridized carbons (Fsp3) is 0.167. The second-order valence-electron chi connectivity index (χ2n) is 3.88. The summed E-state index contributed by atoms with van der Waals surface area (Å²) in [4.78, 5) is 28.7. The maximum Gasteiger partial charge on any atom is 0.353 e. The van der Waals surface area contributed by atoms with Crippen LogP contribution in [0.3, 0.4) is 0 Å². The number of nitrogens with zero attached hydrogens (tertiary/aromatic N) is 3. The number of carbonyl (C=O) groups is 2. The Kier molecular flexibility index (Phi) is 3.56. The van der Waals surface area contributed by atoms with Crippen LogP contribution in [-0.2, 0) is 9.59 Å². The second-order valence-corrected chi connectivity index (χ2v) is 3.88. The average molecular weight is 260 g/mol. The van der Waals surface area contributed by atoms with E-state index in [0.717, 1.165) is 4.85 Å². The number of amides is 1. The first-order chi connectivity index (χ1) is 9.08. The van der Waals surface area contributed by atoms with Gasteiger partial charge in [0.25, 0.3) is 0 Å². The van der Waals surface area contributed by atoms with E-state index in [1.807, 2.05) is 0 Å². The normalized spacial score (nSPS) is 10.2. The summed E-state index contributed by atoms with van der Waals surface area (Å²) >= 11 is 0. The highest BCUT2D eigenvalue weighted by Crippen LogP contribution is 2.07. The third kappa shape index (κ3) is 2.95. The van der Waals surface area contributed by atoms with Crippen LogP contribution in [0.4, 0.5) is 0 Å². The Morgan fingerprint density at radius 2 is 2.16 bits per heavy atom. The molecule has 19 heavy (non-hydrogen) atoms. The van der Waals surface area contributed by atoms with Crippen LogP contribution in [0, 0.1) is 0 Å². The standard InChI is InChI=1S/C12H12N4O3/c1-8(2)12(18)13-7-11(17)19-16-10-6-4-3-5-9(10)14-15-16/h3-6H,1,7H2,2H3,(H,13,18). The van der Waals surface area contributed by atoms with E-state index in [2.05, 4.69) is 22.2 Å². The van der Waals surface area contributed by atoms with Crippen molar-refractivity contribution in [2.24, 2.45) is 0 Å². The number of aromatic nitrogens is 3. The summed E-state index contributed by atoms with van der Waals surface area (Å²) in [6.07, 6.45) is 0. The number of fused-ring (bicyclic) bond motifs is 1. The lowest BCUT2D eigenvalue weighted by Gasteiger charge is -2.04. The average Bonchev–Trinajstić information content (AvgIpc) is 2.79. The third-order valence-corrected chi connectivity index (χ3v) is 2.29. The van der Waals surface area contributed by atoms with Gasteiger partial charge in [0.2, 0.25) is 5.91 Å². The zero-order chi connectivity index (χ0) is 13.8. The Morgan fingerprint density at radius 1 is 1.42 bits per heavy atom. The Hall–Kier alpha value is -2.70. The molecule has 1 aromatic heterocycles. The van der Waals surface area contributed by atoms with Gasteiger partial charge in [-0.15, -0.1) is 5.10 Å². The molecule has 0 aliphatic heterocycles. The van der Waals surface area contributed by atoms with Gasteiger partial charge in [-0.05, 0) is 24.3 Å². The molecule has 0 aliphatic carbocycles. The molecule has 98 valence electrons. The Morgan fingerprint density at radius 3 is 2.89 bits per heavy atom. The molecular formula is C12H12N4O3. The molecule has 0 radical (unpaired) electrons. The zero-order valence-corrected chi connectivity index (χ0v) is 10.3. The molecule has 0 bridgehead atoms. The fourth-order valence-electron chi connectivity index (χ4n) is 1.35. The first kappa shape index (κ1) is 12.7. The van der Waals surface area contributed by atoms with Gasteiger partial charge in [0.05, 0.1) is 0 Å². The van der Waals surface area contributed by atoms with E-state index < -0.39 is 11.9 Å². The van der Waals surface area contributed by atoms with Gasteiger partial charge in [-0.2, -0.15) is 0 Å². The Bertz CT molecular complexity index is 647. The van der Waals surface area contributed by atoms with Crippen molar-refractivity contribution in [2.45, 2.75) is 6.92 Å². The maximum absolute atomic E-state index is 11.5. The molecule has 7 nitrogen and oxygen atoms in total. The molecule has 7 heteroatoms. The van der Waals surface area contributed by atoms with Crippen LogP contribution in [0.15, 0.2) is 36.4 Å². The van der Waals surface area contributed by atoms with Gasteiger partial charge in [-0.1, -0.05) is 23.6 Å². The van der Waals surface area contributed by atoms with Crippen molar-refractivity contribution in [1.82, 2.24) is 20.5 Å². The van der Waals surface area contributed by atoms with Crippen LogP contribution in [-0.4, -0.2) is 33.6 Å². The zero-order valence-electron chi connectivity index (χ0n) is 10.3. The number of hydrogen-bond donors (Lipinski definition) is 1. The van der Waals surface area contributed by atoms with Crippen LogP contribution in [0.1, 0.15) is 6.92 Å². The lowest BCUT2D eigenvalue weighted by atomic mass is 10.3. The van der Waals surface area contributed by atoms with Gasteiger partial charge < -0.3 is 10.2 Å². The van der Waals surface area contributed by atoms with Crippen LogP contribution in [0.2, 0.25) is 0 Å². The van der Waals surface area contributed by atoms with Crippen LogP contribution in [0.25, 0.3) is 11.0 Å². The highest BCUT2D eigenvalue weighted by atomic mass is 16.7. The summed E-state index contributed by atoms with van der Waals surface area (Å²) < 4.78 is 0. The summed E-state index contributed by atoms with van der Waals surface area (Å²) in [6.45, 7) is 4.74. The number of nitrogens with one attached hydrogen (secondary N) is 1. The molecule has 0 saturated carbocycles. The molecule has 1 aromatic carbocycles. The summed E-state index contributed by atoms with van der Waals surface area (Å²) in [7, 11) is 0. The number of hydrogen-bond acceptors (Lipinski definition) is 5. The molecule has 0 saturated heterocycles.